The Morgan fingerprint density at radius 2 is 1.88 bits per heavy atom. The highest BCUT2D eigenvalue weighted by Crippen LogP contribution is 2.21. The molecule has 7 heteroatoms. The molecule has 1 aliphatic heterocycles. The van der Waals surface area contributed by atoms with Crippen molar-refractivity contribution >= 4 is 11.9 Å². The highest BCUT2D eigenvalue weighted by Gasteiger charge is 2.28. The molecular weight excluding hydrogens is 316 g/mol. The summed E-state index contributed by atoms with van der Waals surface area (Å²) in [6, 6.07) is 2.43. The molecule has 0 spiro atoms. The Morgan fingerprint density at radius 1 is 1.25 bits per heavy atom. The number of amides is 3. The molecule has 1 aromatic rings. The van der Waals surface area contributed by atoms with Crippen LogP contribution in [-0.2, 0) is 4.79 Å². The molecule has 1 atom stereocenters. The summed E-state index contributed by atoms with van der Waals surface area (Å²) >= 11 is 0. The van der Waals surface area contributed by atoms with Crippen molar-refractivity contribution in [3.05, 3.63) is 35.4 Å². The fraction of sp³-hybridized carbons (Fsp3) is 0.529. The molecule has 0 saturated carbocycles. The molecule has 1 unspecified atom stereocenters. The van der Waals surface area contributed by atoms with E-state index in [4.69, 9.17) is 0 Å². The second-order valence-corrected chi connectivity index (χ2v) is 6.33. The summed E-state index contributed by atoms with van der Waals surface area (Å²) in [5, 5.41) is 2.72. The second-order valence-electron chi connectivity index (χ2n) is 6.33. The molecule has 0 radical (unpaired) electrons. The van der Waals surface area contributed by atoms with Gasteiger partial charge in [-0.1, -0.05) is 6.07 Å². The van der Waals surface area contributed by atoms with Gasteiger partial charge in [0.2, 0.25) is 5.91 Å². The number of carbonyl (C=O) groups excluding carboxylic acids is 2. The lowest BCUT2D eigenvalue weighted by atomic mass is 9.96. The SMILES string of the molecule is CC(NC(=O)N1CCC(C(=O)N(C)C)CC1)c1ccc(F)cc1F. The number of piperidine rings is 1. The quantitative estimate of drug-likeness (QED) is 0.920. The number of rotatable bonds is 3. The molecule has 24 heavy (non-hydrogen) atoms. The first-order valence-corrected chi connectivity index (χ1v) is 8.01. The Bertz CT molecular complexity index is 614. The maximum atomic E-state index is 13.8. The van der Waals surface area contributed by atoms with Crippen LogP contribution in [0.5, 0.6) is 0 Å². The van der Waals surface area contributed by atoms with E-state index in [1.807, 2.05) is 0 Å². The molecule has 0 bridgehead atoms. The van der Waals surface area contributed by atoms with Crippen LogP contribution in [0.3, 0.4) is 0 Å². The van der Waals surface area contributed by atoms with Gasteiger partial charge in [-0.3, -0.25) is 4.79 Å². The van der Waals surface area contributed by atoms with E-state index in [1.165, 1.54) is 12.1 Å². The lowest BCUT2D eigenvalue weighted by Crippen LogP contribution is -2.47. The van der Waals surface area contributed by atoms with Crippen molar-refractivity contribution in [2.75, 3.05) is 27.2 Å². The molecule has 1 saturated heterocycles. The van der Waals surface area contributed by atoms with Gasteiger partial charge < -0.3 is 15.1 Å². The van der Waals surface area contributed by atoms with E-state index in [2.05, 4.69) is 5.32 Å². The summed E-state index contributed by atoms with van der Waals surface area (Å²) in [5.41, 5.74) is 0.238. The van der Waals surface area contributed by atoms with Crippen LogP contribution in [0.4, 0.5) is 13.6 Å². The highest BCUT2D eigenvalue weighted by molar-refractivity contribution is 5.79. The van der Waals surface area contributed by atoms with Crippen LogP contribution in [0.2, 0.25) is 0 Å². The Hall–Kier alpha value is -2.18. The average Bonchev–Trinajstić information content (AvgIpc) is 2.53. The summed E-state index contributed by atoms with van der Waals surface area (Å²) in [6.07, 6.45) is 1.23. The maximum Gasteiger partial charge on any atom is 0.317 e. The summed E-state index contributed by atoms with van der Waals surface area (Å²) in [7, 11) is 3.45. The fourth-order valence-electron chi connectivity index (χ4n) is 2.90. The maximum absolute atomic E-state index is 13.8. The third kappa shape index (κ3) is 4.21. The Balaban J connectivity index is 1.90. The van der Waals surface area contributed by atoms with Crippen molar-refractivity contribution in [1.82, 2.24) is 15.1 Å². The van der Waals surface area contributed by atoms with Gasteiger partial charge in [-0.15, -0.1) is 0 Å². The molecule has 1 aliphatic rings. The minimum Gasteiger partial charge on any atom is -0.349 e. The minimum absolute atomic E-state index is 0.0592. The van der Waals surface area contributed by atoms with Crippen LogP contribution >= 0.6 is 0 Å². The molecule has 2 rings (SSSR count). The van der Waals surface area contributed by atoms with Crippen molar-refractivity contribution in [3.63, 3.8) is 0 Å². The van der Waals surface area contributed by atoms with Gasteiger partial charge in [0, 0.05) is 44.7 Å². The number of likely N-dealkylation sites (tertiary alicyclic amines) is 1. The molecule has 5 nitrogen and oxygen atoms in total. The molecule has 1 aromatic carbocycles. The topological polar surface area (TPSA) is 52.7 Å². The second kappa shape index (κ2) is 7.59. The van der Waals surface area contributed by atoms with Crippen molar-refractivity contribution in [2.45, 2.75) is 25.8 Å². The monoisotopic (exact) mass is 339 g/mol. The highest BCUT2D eigenvalue weighted by atomic mass is 19.1. The number of hydrogen-bond donors (Lipinski definition) is 1. The number of nitrogens with zero attached hydrogens (tertiary/aromatic N) is 2. The van der Waals surface area contributed by atoms with E-state index in [0.717, 1.165) is 6.07 Å². The van der Waals surface area contributed by atoms with E-state index in [-0.39, 0.29) is 23.4 Å². The van der Waals surface area contributed by atoms with Gasteiger partial charge in [-0.2, -0.15) is 0 Å². The summed E-state index contributed by atoms with van der Waals surface area (Å²) < 4.78 is 26.7. The largest absolute Gasteiger partial charge is 0.349 e. The summed E-state index contributed by atoms with van der Waals surface area (Å²) in [5.74, 6) is -1.31. The van der Waals surface area contributed by atoms with E-state index in [1.54, 1.807) is 30.8 Å². The number of halogens is 2. The fourth-order valence-corrected chi connectivity index (χ4v) is 2.90. The molecule has 3 amide bonds. The van der Waals surface area contributed by atoms with E-state index < -0.39 is 17.7 Å². The van der Waals surface area contributed by atoms with Crippen molar-refractivity contribution < 1.29 is 18.4 Å². The molecule has 0 aliphatic carbocycles. The van der Waals surface area contributed by atoms with Crippen molar-refractivity contribution in [2.24, 2.45) is 5.92 Å². The Labute approximate surface area is 140 Å². The van der Waals surface area contributed by atoms with Gasteiger partial charge in [-0.05, 0) is 25.8 Å². The molecule has 0 aromatic heterocycles. The zero-order valence-corrected chi connectivity index (χ0v) is 14.2. The van der Waals surface area contributed by atoms with Crippen LogP contribution in [-0.4, -0.2) is 48.9 Å². The van der Waals surface area contributed by atoms with Crippen LogP contribution in [0.15, 0.2) is 18.2 Å². The van der Waals surface area contributed by atoms with Gasteiger partial charge in [-0.25, -0.2) is 13.6 Å². The molecular formula is C17H23F2N3O2. The van der Waals surface area contributed by atoms with Gasteiger partial charge in [0.25, 0.3) is 0 Å². The van der Waals surface area contributed by atoms with Gasteiger partial charge >= 0.3 is 6.03 Å². The number of urea groups is 1. The first-order chi connectivity index (χ1) is 11.3. The number of carbonyl (C=O) groups is 2. The average molecular weight is 339 g/mol. The lowest BCUT2D eigenvalue weighted by molar-refractivity contribution is -0.134. The van der Waals surface area contributed by atoms with E-state index >= 15 is 0 Å². The zero-order valence-electron chi connectivity index (χ0n) is 14.2. The first-order valence-electron chi connectivity index (χ1n) is 8.01. The zero-order chi connectivity index (χ0) is 17.9. The third-order valence-electron chi connectivity index (χ3n) is 4.34. The van der Waals surface area contributed by atoms with Crippen LogP contribution in [0.25, 0.3) is 0 Å². The van der Waals surface area contributed by atoms with Gasteiger partial charge in [0.1, 0.15) is 11.6 Å². The van der Waals surface area contributed by atoms with E-state index in [9.17, 15) is 18.4 Å². The first kappa shape index (κ1) is 18.2. The van der Waals surface area contributed by atoms with Gasteiger partial charge in [0.05, 0.1) is 6.04 Å². The minimum atomic E-state index is -0.682. The normalized spacial score (nSPS) is 16.6. The van der Waals surface area contributed by atoms with Crippen LogP contribution < -0.4 is 5.32 Å². The molecule has 132 valence electrons. The third-order valence-corrected chi connectivity index (χ3v) is 4.34. The number of benzene rings is 1. The Kier molecular flexibility index (Phi) is 5.75. The predicted molar refractivity (Wildman–Crippen MR) is 86.3 cm³/mol. The molecule has 1 N–H and O–H groups in total. The predicted octanol–water partition coefficient (Wildman–Crippen LogP) is 2.54. The standard InChI is InChI=1S/C17H23F2N3O2/c1-11(14-5-4-13(18)10-15(14)19)20-17(24)22-8-6-12(7-9-22)16(23)21(2)3/h4-5,10-12H,6-9H2,1-3H3,(H,20,24). The number of hydrogen-bond acceptors (Lipinski definition) is 2. The van der Waals surface area contributed by atoms with Crippen LogP contribution in [0.1, 0.15) is 31.4 Å². The Morgan fingerprint density at radius 3 is 2.42 bits per heavy atom. The van der Waals surface area contributed by atoms with E-state index in [0.29, 0.717) is 25.9 Å². The van der Waals surface area contributed by atoms with Crippen molar-refractivity contribution in [3.8, 4) is 0 Å². The summed E-state index contributed by atoms with van der Waals surface area (Å²) in [6.45, 7) is 2.61. The smallest absolute Gasteiger partial charge is 0.317 e. The van der Waals surface area contributed by atoms with Crippen LogP contribution in [0, 0.1) is 17.6 Å². The lowest BCUT2D eigenvalue weighted by Gasteiger charge is -2.33. The number of nitrogens with one attached hydrogen (secondary N) is 1. The van der Waals surface area contributed by atoms with Crippen molar-refractivity contribution in [1.29, 1.82) is 0 Å². The molecule has 1 fully saturated rings. The summed E-state index contributed by atoms with van der Waals surface area (Å²) in [4.78, 5) is 27.4. The van der Waals surface area contributed by atoms with Gasteiger partial charge in [0.15, 0.2) is 0 Å². The molecule has 1 heterocycles.